The molecule has 0 bridgehead atoms. The van der Waals surface area contributed by atoms with E-state index in [1.165, 1.54) is 12.1 Å². The van der Waals surface area contributed by atoms with Gasteiger partial charge in [-0.15, -0.1) is 0 Å². The molecule has 3 aromatic carbocycles. The van der Waals surface area contributed by atoms with Crippen LogP contribution < -0.4 is 0 Å². The average molecular weight is 342 g/mol. The monoisotopic (exact) mass is 341 g/mol. The summed E-state index contributed by atoms with van der Waals surface area (Å²) in [5.74, 6) is 0. The Bertz CT molecular complexity index is 1050. The van der Waals surface area contributed by atoms with Crippen molar-refractivity contribution >= 4 is 38.1 Å². The maximum atomic E-state index is 12.5. The van der Waals surface area contributed by atoms with Crippen LogP contribution in [0.1, 0.15) is 11.1 Å². The Morgan fingerprint density at radius 2 is 1.61 bits per heavy atom. The molecule has 0 radical (unpaired) electrons. The molecule has 23 heavy (non-hydrogen) atoms. The van der Waals surface area contributed by atoms with E-state index in [2.05, 4.69) is 4.40 Å². The highest BCUT2D eigenvalue weighted by atomic mass is 35.5. The normalized spacial score (nSPS) is 15.4. The standard InChI is InChI=1S/C18H12ClNO2S/c19-14-7-9-15(10-8-14)23(21,22)20-17-11-13-5-1-3-12-4-2-6-16(17)18(12)13/h1-10H,11H2. The maximum absolute atomic E-state index is 12.5. The fourth-order valence-corrected chi connectivity index (χ4v) is 4.13. The molecule has 0 saturated heterocycles. The van der Waals surface area contributed by atoms with E-state index >= 15 is 0 Å². The van der Waals surface area contributed by atoms with Gasteiger partial charge in [-0.1, -0.05) is 48.0 Å². The topological polar surface area (TPSA) is 46.5 Å². The Morgan fingerprint density at radius 1 is 0.913 bits per heavy atom. The second-order valence-corrected chi connectivity index (χ2v) is 7.51. The van der Waals surface area contributed by atoms with Gasteiger partial charge in [0.2, 0.25) is 0 Å². The zero-order valence-corrected chi connectivity index (χ0v) is 13.6. The van der Waals surface area contributed by atoms with Crippen molar-refractivity contribution in [1.82, 2.24) is 0 Å². The summed E-state index contributed by atoms with van der Waals surface area (Å²) in [6.07, 6.45) is 0.531. The van der Waals surface area contributed by atoms with Crippen molar-refractivity contribution in [3.63, 3.8) is 0 Å². The molecule has 1 aliphatic rings. The van der Waals surface area contributed by atoms with Gasteiger partial charge in [0.1, 0.15) is 0 Å². The summed E-state index contributed by atoms with van der Waals surface area (Å²) in [4.78, 5) is 0.150. The van der Waals surface area contributed by atoms with Crippen LogP contribution in [0.5, 0.6) is 0 Å². The number of halogens is 1. The van der Waals surface area contributed by atoms with Crippen LogP contribution in [0.4, 0.5) is 0 Å². The molecule has 114 valence electrons. The lowest BCUT2D eigenvalue weighted by Gasteiger charge is -2.03. The first-order chi connectivity index (χ1) is 11.0. The van der Waals surface area contributed by atoms with Crippen LogP contribution >= 0.6 is 11.6 Å². The highest BCUT2D eigenvalue weighted by Crippen LogP contribution is 2.32. The molecule has 5 heteroatoms. The van der Waals surface area contributed by atoms with Crippen LogP contribution in [0.2, 0.25) is 5.02 Å². The van der Waals surface area contributed by atoms with Crippen molar-refractivity contribution in [1.29, 1.82) is 0 Å². The number of hydrogen-bond donors (Lipinski definition) is 0. The third-order valence-electron chi connectivity index (χ3n) is 4.00. The summed E-state index contributed by atoms with van der Waals surface area (Å²) in [6, 6.07) is 18.0. The van der Waals surface area contributed by atoms with Crippen molar-refractivity contribution in [2.24, 2.45) is 4.40 Å². The Morgan fingerprint density at radius 3 is 2.35 bits per heavy atom. The summed E-state index contributed by atoms with van der Waals surface area (Å²) < 4.78 is 29.2. The summed E-state index contributed by atoms with van der Waals surface area (Å²) >= 11 is 5.82. The van der Waals surface area contributed by atoms with Crippen LogP contribution in [-0.4, -0.2) is 14.1 Å². The van der Waals surface area contributed by atoms with Crippen LogP contribution in [-0.2, 0) is 16.4 Å². The number of hydrogen-bond acceptors (Lipinski definition) is 2. The molecule has 0 aromatic heterocycles. The van der Waals surface area contributed by atoms with Gasteiger partial charge in [-0.2, -0.15) is 12.8 Å². The van der Waals surface area contributed by atoms with E-state index in [-0.39, 0.29) is 4.90 Å². The van der Waals surface area contributed by atoms with Gasteiger partial charge in [0.05, 0.1) is 10.6 Å². The van der Waals surface area contributed by atoms with Gasteiger partial charge < -0.3 is 0 Å². The fourth-order valence-electron chi connectivity index (χ4n) is 2.97. The smallest absolute Gasteiger partial charge is 0.199 e. The largest absolute Gasteiger partial charge is 0.282 e. The zero-order chi connectivity index (χ0) is 16.0. The molecule has 3 aromatic rings. The summed E-state index contributed by atoms with van der Waals surface area (Å²) in [6.45, 7) is 0. The van der Waals surface area contributed by atoms with Crippen LogP contribution in [0.25, 0.3) is 10.8 Å². The fraction of sp³-hybridized carbons (Fsp3) is 0.0556. The van der Waals surface area contributed by atoms with Crippen molar-refractivity contribution in [2.45, 2.75) is 11.3 Å². The average Bonchev–Trinajstić information content (AvgIpc) is 2.87. The third-order valence-corrected chi connectivity index (χ3v) is 5.58. The molecule has 0 fully saturated rings. The predicted octanol–water partition coefficient (Wildman–Crippen LogP) is 4.23. The van der Waals surface area contributed by atoms with Crippen LogP contribution in [0.15, 0.2) is 70.0 Å². The molecule has 3 nitrogen and oxygen atoms in total. The molecule has 4 rings (SSSR count). The first-order valence-corrected chi connectivity index (χ1v) is 8.97. The summed E-state index contributed by atoms with van der Waals surface area (Å²) in [5, 5.41) is 2.70. The second-order valence-electron chi connectivity index (χ2n) is 5.46. The zero-order valence-electron chi connectivity index (χ0n) is 12.0. The lowest BCUT2D eigenvalue weighted by molar-refractivity contribution is 0.598. The summed E-state index contributed by atoms with van der Waals surface area (Å²) in [7, 11) is -3.75. The van der Waals surface area contributed by atoms with E-state index in [1.54, 1.807) is 12.1 Å². The molecule has 0 unspecified atom stereocenters. The first kappa shape index (κ1) is 14.4. The Balaban J connectivity index is 1.85. The van der Waals surface area contributed by atoms with E-state index in [0.717, 1.165) is 21.9 Å². The van der Waals surface area contributed by atoms with Gasteiger partial charge in [0, 0.05) is 17.0 Å². The molecular formula is C18H12ClNO2S. The van der Waals surface area contributed by atoms with Gasteiger partial charge >= 0.3 is 0 Å². The predicted molar refractivity (Wildman–Crippen MR) is 92.8 cm³/mol. The number of benzene rings is 3. The minimum absolute atomic E-state index is 0.150. The minimum atomic E-state index is -3.75. The second kappa shape index (κ2) is 5.18. The highest BCUT2D eigenvalue weighted by Gasteiger charge is 2.23. The molecule has 0 N–H and O–H groups in total. The molecule has 0 heterocycles. The molecular weight excluding hydrogens is 330 g/mol. The van der Waals surface area contributed by atoms with Crippen molar-refractivity contribution in [3.8, 4) is 0 Å². The minimum Gasteiger partial charge on any atom is -0.199 e. The third kappa shape index (κ3) is 2.44. The highest BCUT2D eigenvalue weighted by molar-refractivity contribution is 7.90. The van der Waals surface area contributed by atoms with Crippen LogP contribution in [0, 0.1) is 0 Å². The van der Waals surface area contributed by atoms with Crippen molar-refractivity contribution < 1.29 is 8.42 Å². The molecule has 0 aliphatic heterocycles. The van der Waals surface area contributed by atoms with E-state index < -0.39 is 10.0 Å². The molecule has 0 spiro atoms. The van der Waals surface area contributed by atoms with Gasteiger partial charge in [0.25, 0.3) is 10.0 Å². The summed E-state index contributed by atoms with van der Waals surface area (Å²) in [5.41, 5.74) is 2.60. The lowest BCUT2D eigenvalue weighted by atomic mass is 10.1. The number of nitrogens with zero attached hydrogens (tertiary/aromatic N) is 1. The van der Waals surface area contributed by atoms with E-state index in [1.807, 2.05) is 36.4 Å². The molecule has 0 amide bonds. The van der Waals surface area contributed by atoms with E-state index in [9.17, 15) is 8.42 Å². The Labute approximate surface area is 139 Å². The SMILES string of the molecule is O=S(=O)(N=C1Cc2cccc3cccc1c23)c1ccc(Cl)cc1. The molecule has 1 aliphatic carbocycles. The quantitative estimate of drug-likeness (QED) is 0.700. The Kier molecular flexibility index (Phi) is 3.25. The van der Waals surface area contributed by atoms with Gasteiger partial charge in [-0.05, 0) is 40.6 Å². The van der Waals surface area contributed by atoms with Crippen molar-refractivity contribution in [3.05, 3.63) is 76.8 Å². The van der Waals surface area contributed by atoms with Gasteiger partial charge in [-0.3, -0.25) is 0 Å². The van der Waals surface area contributed by atoms with Gasteiger partial charge in [0.15, 0.2) is 0 Å². The van der Waals surface area contributed by atoms with Crippen molar-refractivity contribution in [2.75, 3.05) is 0 Å². The van der Waals surface area contributed by atoms with E-state index in [0.29, 0.717) is 17.2 Å². The van der Waals surface area contributed by atoms with E-state index in [4.69, 9.17) is 11.6 Å². The lowest BCUT2D eigenvalue weighted by Crippen LogP contribution is -2.05. The van der Waals surface area contributed by atoms with Crippen LogP contribution in [0.3, 0.4) is 0 Å². The Hall–Kier alpha value is -2.17. The molecule has 0 saturated carbocycles. The number of rotatable bonds is 2. The maximum Gasteiger partial charge on any atom is 0.282 e. The number of sulfonamides is 1. The first-order valence-electron chi connectivity index (χ1n) is 7.15. The molecule has 0 atom stereocenters. The van der Waals surface area contributed by atoms with Gasteiger partial charge in [-0.25, -0.2) is 0 Å².